The number of anilines is 1. The Hall–Kier alpha value is -5.17. The standard InChI is InChI=1S/C26H21N3O7/c1-3-35-24-14-17(9-11-23(24)36-26(31)18-7-5-4-6-8-18)13-19(16-27)25(30)28-21-15-20(29(32)33)10-12-22(21)34-2/h4-15H,3H2,1-2H3,(H,28,30)/b19-13+. The molecule has 36 heavy (non-hydrogen) atoms. The molecule has 0 saturated heterocycles. The molecule has 0 spiro atoms. The Morgan fingerprint density at radius 3 is 2.42 bits per heavy atom. The van der Waals surface area contributed by atoms with Gasteiger partial charge in [0, 0.05) is 12.1 Å². The average Bonchev–Trinajstić information content (AvgIpc) is 2.89. The first-order chi connectivity index (χ1) is 17.4. The molecule has 0 aliphatic carbocycles. The molecule has 0 aliphatic rings. The fourth-order valence-electron chi connectivity index (χ4n) is 3.11. The summed E-state index contributed by atoms with van der Waals surface area (Å²) in [6.07, 6.45) is 1.31. The maximum atomic E-state index is 12.7. The minimum Gasteiger partial charge on any atom is -0.495 e. The highest BCUT2D eigenvalue weighted by Crippen LogP contribution is 2.31. The summed E-state index contributed by atoms with van der Waals surface area (Å²) in [5.41, 5.74) is 0.297. The number of esters is 1. The Bertz CT molecular complexity index is 1360. The molecule has 0 saturated carbocycles. The lowest BCUT2D eigenvalue weighted by atomic mass is 10.1. The highest BCUT2D eigenvalue weighted by atomic mass is 16.6. The Morgan fingerprint density at radius 2 is 1.78 bits per heavy atom. The molecule has 0 aromatic heterocycles. The summed E-state index contributed by atoms with van der Waals surface area (Å²) in [7, 11) is 1.35. The van der Waals surface area contributed by atoms with E-state index in [0.29, 0.717) is 11.1 Å². The van der Waals surface area contributed by atoms with Crippen LogP contribution in [0.25, 0.3) is 6.08 Å². The fraction of sp³-hybridized carbons (Fsp3) is 0.115. The first-order valence-electron chi connectivity index (χ1n) is 10.7. The molecule has 182 valence electrons. The molecule has 0 radical (unpaired) electrons. The Balaban J connectivity index is 1.86. The van der Waals surface area contributed by atoms with Gasteiger partial charge >= 0.3 is 5.97 Å². The van der Waals surface area contributed by atoms with Crippen molar-refractivity contribution in [2.24, 2.45) is 0 Å². The van der Waals surface area contributed by atoms with E-state index in [1.807, 2.05) is 6.07 Å². The van der Waals surface area contributed by atoms with E-state index >= 15 is 0 Å². The van der Waals surface area contributed by atoms with E-state index < -0.39 is 16.8 Å². The van der Waals surface area contributed by atoms with Crippen molar-refractivity contribution in [3.63, 3.8) is 0 Å². The molecule has 0 heterocycles. The number of benzene rings is 3. The first kappa shape index (κ1) is 25.5. The van der Waals surface area contributed by atoms with E-state index in [1.54, 1.807) is 43.3 Å². The van der Waals surface area contributed by atoms with Crippen LogP contribution in [0.15, 0.2) is 72.3 Å². The second kappa shape index (κ2) is 11.8. The van der Waals surface area contributed by atoms with Crippen LogP contribution in [0.2, 0.25) is 0 Å². The molecule has 1 amide bonds. The molecule has 0 fully saturated rings. The van der Waals surface area contributed by atoms with Crippen LogP contribution in [0.5, 0.6) is 17.2 Å². The van der Waals surface area contributed by atoms with Gasteiger partial charge in [-0.05, 0) is 48.9 Å². The van der Waals surface area contributed by atoms with Gasteiger partial charge in [-0.15, -0.1) is 0 Å². The number of ether oxygens (including phenoxy) is 3. The zero-order chi connectivity index (χ0) is 26.1. The van der Waals surface area contributed by atoms with E-state index in [0.717, 1.165) is 6.07 Å². The predicted molar refractivity (Wildman–Crippen MR) is 131 cm³/mol. The SMILES string of the molecule is CCOc1cc(/C=C(\C#N)C(=O)Nc2cc([N+](=O)[O-])ccc2OC)ccc1OC(=O)c1ccccc1. The lowest BCUT2D eigenvalue weighted by molar-refractivity contribution is -0.384. The number of nitrogens with one attached hydrogen (secondary N) is 1. The number of rotatable bonds is 9. The minimum atomic E-state index is -0.797. The van der Waals surface area contributed by atoms with E-state index in [9.17, 15) is 25.0 Å². The second-order valence-electron chi connectivity index (χ2n) is 7.16. The van der Waals surface area contributed by atoms with E-state index in [4.69, 9.17) is 14.2 Å². The summed E-state index contributed by atoms with van der Waals surface area (Å²) in [6.45, 7) is 2.03. The molecular weight excluding hydrogens is 466 g/mol. The maximum absolute atomic E-state index is 12.7. The molecule has 10 nitrogen and oxygen atoms in total. The highest BCUT2D eigenvalue weighted by molar-refractivity contribution is 6.10. The third-order valence-electron chi connectivity index (χ3n) is 4.80. The maximum Gasteiger partial charge on any atom is 0.343 e. The van der Waals surface area contributed by atoms with Crippen LogP contribution in [-0.2, 0) is 4.79 Å². The van der Waals surface area contributed by atoms with Crippen LogP contribution in [0.4, 0.5) is 11.4 Å². The largest absolute Gasteiger partial charge is 0.495 e. The Labute approximate surface area is 206 Å². The van der Waals surface area contributed by atoms with E-state index in [1.165, 1.54) is 37.5 Å². The number of nitrogens with zero attached hydrogens (tertiary/aromatic N) is 2. The topological polar surface area (TPSA) is 141 Å². The number of nitro benzene ring substituents is 1. The molecule has 10 heteroatoms. The molecule has 3 rings (SSSR count). The minimum absolute atomic E-state index is 0.0380. The number of nitriles is 1. The number of nitro groups is 1. The van der Waals surface area contributed by atoms with E-state index in [2.05, 4.69) is 5.32 Å². The van der Waals surface area contributed by atoms with Gasteiger partial charge < -0.3 is 19.5 Å². The summed E-state index contributed by atoms with van der Waals surface area (Å²) in [5, 5.41) is 23.1. The number of carbonyl (C=O) groups excluding carboxylic acids is 2. The van der Waals surface area contributed by atoms with Gasteiger partial charge in [-0.2, -0.15) is 5.26 Å². The van der Waals surface area contributed by atoms with Gasteiger partial charge in [-0.3, -0.25) is 14.9 Å². The van der Waals surface area contributed by atoms with Gasteiger partial charge in [-0.25, -0.2) is 4.79 Å². The van der Waals surface area contributed by atoms with Crippen molar-refractivity contribution in [1.82, 2.24) is 0 Å². The zero-order valence-corrected chi connectivity index (χ0v) is 19.4. The Kier molecular flexibility index (Phi) is 8.35. The van der Waals surface area contributed by atoms with Crippen molar-refractivity contribution in [3.8, 4) is 23.3 Å². The van der Waals surface area contributed by atoms with E-state index in [-0.39, 0.29) is 40.8 Å². The van der Waals surface area contributed by atoms with Crippen molar-refractivity contribution >= 4 is 29.3 Å². The van der Waals surface area contributed by atoms with Crippen LogP contribution in [0.1, 0.15) is 22.8 Å². The molecule has 3 aromatic rings. The molecule has 0 bridgehead atoms. The highest BCUT2D eigenvalue weighted by Gasteiger charge is 2.17. The number of methoxy groups -OCH3 is 1. The first-order valence-corrected chi connectivity index (χ1v) is 10.7. The lowest BCUT2D eigenvalue weighted by Crippen LogP contribution is -2.14. The molecule has 3 aromatic carbocycles. The number of hydrogen-bond donors (Lipinski definition) is 1. The summed E-state index contributed by atoms with van der Waals surface area (Å²) in [5.74, 6) is -0.758. The molecule has 0 aliphatic heterocycles. The average molecular weight is 487 g/mol. The van der Waals surface area contributed by atoms with Gasteiger partial charge in [0.25, 0.3) is 11.6 Å². The van der Waals surface area contributed by atoms with Crippen molar-refractivity contribution in [1.29, 1.82) is 5.26 Å². The Morgan fingerprint density at radius 1 is 1.06 bits per heavy atom. The second-order valence-corrected chi connectivity index (χ2v) is 7.16. The predicted octanol–water partition coefficient (Wildman–Crippen LogP) is 4.77. The van der Waals surface area contributed by atoms with Gasteiger partial charge in [0.1, 0.15) is 17.4 Å². The smallest absolute Gasteiger partial charge is 0.343 e. The van der Waals surface area contributed by atoms with Gasteiger partial charge in [0.05, 0.1) is 29.9 Å². The number of hydrogen-bond acceptors (Lipinski definition) is 8. The quantitative estimate of drug-likeness (QED) is 0.114. The van der Waals surface area contributed by atoms with Crippen LogP contribution in [-0.4, -0.2) is 30.5 Å². The fourth-order valence-corrected chi connectivity index (χ4v) is 3.11. The van der Waals surface area contributed by atoms with Crippen molar-refractivity contribution in [2.75, 3.05) is 19.0 Å². The third-order valence-corrected chi connectivity index (χ3v) is 4.80. The van der Waals surface area contributed by atoms with Crippen molar-refractivity contribution < 1.29 is 28.7 Å². The number of carbonyl (C=O) groups is 2. The van der Waals surface area contributed by atoms with Crippen molar-refractivity contribution in [2.45, 2.75) is 6.92 Å². The molecule has 0 unspecified atom stereocenters. The van der Waals surface area contributed by atoms with Gasteiger partial charge in [-0.1, -0.05) is 24.3 Å². The number of amides is 1. The van der Waals surface area contributed by atoms with Crippen molar-refractivity contribution in [3.05, 3.63) is 93.5 Å². The summed E-state index contributed by atoms with van der Waals surface area (Å²) < 4.78 is 16.2. The van der Waals surface area contributed by atoms with Gasteiger partial charge in [0.2, 0.25) is 0 Å². The molecule has 0 atom stereocenters. The van der Waals surface area contributed by atoms with Crippen LogP contribution < -0.4 is 19.5 Å². The van der Waals surface area contributed by atoms with Crippen LogP contribution >= 0.6 is 0 Å². The lowest BCUT2D eigenvalue weighted by Gasteiger charge is -2.12. The zero-order valence-electron chi connectivity index (χ0n) is 19.4. The number of non-ortho nitro benzene ring substituents is 1. The van der Waals surface area contributed by atoms with Crippen LogP contribution in [0.3, 0.4) is 0 Å². The van der Waals surface area contributed by atoms with Gasteiger partial charge in [0.15, 0.2) is 11.5 Å². The molecular formula is C26H21N3O7. The summed E-state index contributed by atoms with van der Waals surface area (Å²) in [6, 6.07) is 18.5. The molecule has 1 N–H and O–H groups in total. The monoisotopic (exact) mass is 487 g/mol. The third kappa shape index (κ3) is 6.24. The summed E-state index contributed by atoms with van der Waals surface area (Å²) >= 11 is 0. The normalized spacial score (nSPS) is 10.6. The van der Waals surface area contributed by atoms with Crippen LogP contribution in [0, 0.1) is 21.4 Å². The summed E-state index contributed by atoms with van der Waals surface area (Å²) in [4.78, 5) is 35.6.